The zero-order chi connectivity index (χ0) is 19.8. The second-order valence-corrected chi connectivity index (χ2v) is 6.50. The van der Waals surface area contributed by atoms with Gasteiger partial charge in [0.1, 0.15) is 18.1 Å². The minimum atomic E-state index is -0.545. The van der Waals surface area contributed by atoms with Gasteiger partial charge in [-0.1, -0.05) is 18.2 Å². The molecule has 1 atom stereocenters. The number of aromatic nitrogens is 1. The predicted octanol–water partition coefficient (Wildman–Crippen LogP) is 2.73. The molecule has 1 unspecified atom stereocenters. The van der Waals surface area contributed by atoms with Crippen LogP contribution in [0.25, 0.3) is 10.8 Å². The number of ether oxygens (including phenoxy) is 2. The minimum Gasteiger partial charge on any atom is -0.491 e. The second-order valence-electron chi connectivity index (χ2n) is 6.50. The molecule has 6 heteroatoms. The molecule has 0 spiro atoms. The summed E-state index contributed by atoms with van der Waals surface area (Å²) < 4.78 is 11.2. The molecule has 0 aliphatic carbocycles. The van der Waals surface area contributed by atoms with Crippen LogP contribution in [0.3, 0.4) is 0 Å². The van der Waals surface area contributed by atoms with Crippen LogP contribution in [0.15, 0.2) is 60.9 Å². The quantitative estimate of drug-likeness (QED) is 0.597. The fourth-order valence-corrected chi connectivity index (χ4v) is 2.76. The number of likely N-dealkylation sites (N-methyl/N-ethyl adjacent to an activating group) is 1. The van der Waals surface area contributed by atoms with Gasteiger partial charge in [-0.2, -0.15) is 0 Å². The summed E-state index contributed by atoms with van der Waals surface area (Å²) in [5, 5.41) is 14.6. The van der Waals surface area contributed by atoms with Crippen LogP contribution in [0.5, 0.6) is 11.5 Å². The van der Waals surface area contributed by atoms with Gasteiger partial charge in [0.15, 0.2) is 6.61 Å². The number of aliphatic hydroxyl groups excluding tert-OH is 1. The van der Waals surface area contributed by atoms with Crippen LogP contribution in [0.2, 0.25) is 0 Å². The molecule has 0 aliphatic heterocycles. The van der Waals surface area contributed by atoms with Crippen LogP contribution in [0, 0.1) is 0 Å². The van der Waals surface area contributed by atoms with Gasteiger partial charge in [0, 0.05) is 19.4 Å². The van der Waals surface area contributed by atoms with Crippen molar-refractivity contribution in [2.75, 3.05) is 20.3 Å². The van der Waals surface area contributed by atoms with E-state index in [1.807, 2.05) is 54.7 Å². The van der Waals surface area contributed by atoms with Gasteiger partial charge < -0.3 is 19.9 Å². The molecule has 0 fully saturated rings. The summed E-state index contributed by atoms with van der Waals surface area (Å²) in [5.74, 6) is 1.16. The van der Waals surface area contributed by atoms with Crippen molar-refractivity contribution >= 4 is 16.7 Å². The van der Waals surface area contributed by atoms with Gasteiger partial charge in [-0.15, -0.1) is 0 Å². The third-order valence-electron chi connectivity index (χ3n) is 4.36. The van der Waals surface area contributed by atoms with E-state index in [9.17, 15) is 9.90 Å². The molecule has 3 rings (SSSR count). The summed E-state index contributed by atoms with van der Waals surface area (Å²) in [5.41, 5.74) is 1.10. The van der Waals surface area contributed by atoms with E-state index in [1.165, 1.54) is 0 Å². The largest absolute Gasteiger partial charge is 0.491 e. The fourth-order valence-electron chi connectivity index (χ4n) is 2.76. The predicted molar refractivity (Wildman–Crippen MR) is 108 cm³/mol. The number of rotatable bonds is 9. The summed E-state index contributed by atoms with van der Waals surface area (Å²) in [6, 6.07) is 15.2. The highest BCUT2D eigenvalue weighted by Crippen LogP contribution is 2.25. The number of nitrogens with one attached hydrogen (secondary N) is 1. The topological polar surface area (TPSA) is 80.7 Å². The normalized spacial score (nSPS) is 11.8. The molecule has 1 heterocycles. The molecule has 6 nitrogen and oxygen atoms in total. The Morgan fingerprint density at radius 3 is 2.46 bits per heavy atom. The van der Waals surface area contributed by atoms with Crippen LogP contribution in [-0.2, 0) is 11.2 Å². The Hall–Kier alpha value is -3.12. The smallest absolute Gasteiger partial charge is 0.257 e. The zero-order valence-electron chi connectivity index (χ0n) is 15.8. The van der Waals surface area contributed by atoms with E-state index in [2.05, 4.69) is 10.3 Å². The molecule has 1 amide bonds. The molecule has 0 saturated carbocycles. The third kappa shape index (κ3) is 5.69. The van der Waals surface area contributed by atoms with Crippen LogP contribution in [0.1, 0.15) is 12.0 Å². The summed E-state index contributed by atoms with van der Waals surface area (Å²) in [6.45, 7) is 0.221. The number of benzene rings is 2. The Labute approximate surface area is 164 Å². The van der Waals surface area contributed by atoms with Gasteiger partial charge in [-0.25, -0.2) is 0 Å². The number of hydrogen-bond donors (Lipinski definition) is 2. The lowest BCUT2D eigenvalue weighted by molar-refractivity contribution is -0.122. The number of pyridine rings is 1. The van der Waals surface area contributed by atoms with Gasteiger partial charge >= 0.3 is 0 Å². The highest BCUT2D eigenvalue weighted by atomic mass is 16.5. The van der Waals surface area contributed by atoms with Crippen molar-refractivity contribution < 1.29 is 19.4 Å². The maximum atomic E-state index is 11.3. The molecule has 2 N–H and O–H groups in total. The second kappa shape index (κ2) is 9.71. The van der Waals surface area contributed by atoms with Gasteiger partial charge in [-0.05, 0) is 59.5 Å². The van der Waals surface area contributed by atoms with E-state index in [0.717, 1.165) is 22.8 Å². The Balaban J connectivity index is 1.53. The number of aryl methyl sites for hydroxylation is 1. The molecule has 146 valence electrons. The van der Waals surface area contributed by atoms with E-state index in [4.69, 9.17) is 9.47 Å². The first-order chi connectivity index (χ1) is 13.6. The van der Waals surface area contributed by atoms with Crippen LogP contribution in [0.4, 0.5) is 0 Å². The summed E-state index contributed by atoms with van der Waals surface area (Å²) in [6.07, 6.45) is 4.38. The number of carbonyl (C=O) groups excluding carboxylic acids is 1. The third-order valence-corrected chi connectivity index (χ3v) is 4.36. The lowest BCUT2D eigenvalue weighted by Crippen LogP contribution is -2.24. The van der Waals surface area contributed by atoms with Crippen LogP contribution < -0.4 is 14.8 Å². The summed E-state index contributed by atoms with van der Waals surface area (Å²) in [7, 11) is 1.57. The van der Waals surface area contributed by atoms with E-state index in [-0.39, 0.29) is 19.1 Å². The first-order valence-corrected chi connectivity index (χ1v) is 9.21. The number of fused-ring (bicyclic) bond motifs is 1. The average Bonchev–Trinajstić information content (AvgIpc) is 2.75. The lowest BCUT2D eigenvalue weighted by atomic mass is 10.1. The van der Waals surface area contributed by atoms with Crippen molar-refractivity contribution in [2.45, 2.75) is 18.9 Å². The molecular weight excluding hydrogens is 356 g/mol. The Morgan fingerprint density at radius 2 is 1.82 bits per heavy atom. The minimum absolute atomic E-state index is 0.0138. The van der Waals surface area contributed by atoms with Gasteiger partial charge in [-0.3, -0.25) is 9.78 Å². The van der Waals surface area contributed by atoms with Gasteiger partial charge in [0.05, 0.1) is 6.10 Å². The molecule has 3 aromatic rings. The summed E-state index contributed by atoms with van der Waals surface area (Å²) >= 11 is 0. The van der Waals surface area contributed by atoms with E-state index < -0.39 is 6.10 Å². The van der Waals surface area contributed by atoms with Crippen LogP contribution >= 0.6 is 0 Å². The fraction of sp³-hybridized carbons (Fsp3) is 0.273. The molecule has 1 aromatic heterocycles. The van der Waals surface area contributed by atoms with Crippen molar-refractivity contribution in [3.05, 3.63) is 66.5 Å². The Bertz CT molecular complexity index is 915. The highest BCUT2D eigenvalue weighted by Gasteiger charge is 2.07. The van der Waals surface area contributed by atoms with E-state index in [1.54, 1.807) is 13.2 Å². The monoisotopic (exact) mass is 380 g/mol. The van der Waals surface area contributed by atoms with Gasteiger partial charge in [0.2, 0.25) is 0 Å². The number of nitrogens with zero attached hydrogens (tertiary/aromatic N) is 1. The van der Waals surface area contributed by atoms with Crippen molar-refractivity contribution in [2.24, 2.45) is 0 Å². The number of amides is 1. The molecule has 0 aliphatic rings. The number of aliphatic hydroxyl groups is 1. The highest BCUT2D eigenvalue weighted by molar-refractivity contribution is 5.85. The molecular formula is C22H24N2O4. The SMILES string of the molecule is CNC(=O)COc1ccc2cc(OCC(O)CCc3cccnc3)ccc2c1. The van der Waals surface area contributed by atoms with Crippen molar-refractivity contribution in [3.63, 3.8) is 0 Å². The standard InChI is InChI=1S/C22H24N2O4/c1-23-22(26)15-28-21-9-6-17-11-20(8-5-18(17)12-21)27-14-19(25)7-4-16-3-2-10-24-13-16/h2-3,5-6,8-13,19,25H,4,7,14-15H2,1H3,(H,23,26). The summed E-state index contributed by atoms with van der Waals surface area (Å²) in [4.78, 5) is 15.3. The molecule has 0 saturated heterocycles. The first-order valence-electron chi connectivity index (χ1n) is 9.21. The zero-order valence-corrected chi connectivity index (χ0v) is 15.8. The van der Waals surface area contributed by atoms with E-state index >= 15 is 0 Å². The maximum absolute atomic E-state index is 11.3. The van der Waals surface area contributed by atoms with Crippen molar-refractivity contribution in [3.8, 4) is 11.5 Å². The van der Waals surface area contributed by atoms with Gasteiger partial charge in [0.25, 0.3) is 5.91 Å². The Kier molecular flexibility index (Phi) is 6.81. The molecule has 0 bridgehead atoms. The molecule has 28 heavy (non-hydrogen) atoms. The van der Waals surface area contributed by atoms with E-state index in [0.29, 0.717) is 17.9 Å². The molecule has 0 radical (unpaired) electrons. The van der Waals surface area contributed by atoms with Crippen molar-refractivity contribution in [1.29, 1.82) is 0 Å². The van der Waals surface area contributed by atoms with Crippen LogP contribution in [-0.4, -0.2) is 42.4 Å². The maximum Gasteiger partial charge on any atom is 0.257 e. The number of carbonyl (C=O) groups is 1. The lowest BCUT2D eigenvalue weighted by Gasteiger charge is -2.13. The molecule has 2 aromatic carbocycles. The number of hydrogen-bond acceptors (Lipinski definition) is 5. The van der Waals surface area contributed by atoms with Crippen molar-refractivity contribution in [1.82, 2.24) is 10.3 Å². The Morgan fingerprint density at radius 1 is 1.11 bits per heavy atom. The first kappa shape index (κ1) is 19.6. The average molecular weight is 380 g/mol.